The van der Waals surface area contributed by atoms with Gasteiger partial charge in [-0.05, 0) is 119 Å². The molecule has 49 heavy (non-hydrogen) atoms. The van der Waals surface area contributed by atoms with Crippen LogP contribution in [0.1, 0.15) is 77.7 Å². The number of hydrogen-bond acceptors (Lipinski definition) is 6. The Hall–Kier alpha value is -3.48. The summed E-state index contributed by atoms with van der Waals surface area (Å²) in [5.41, 5.74) is -1.26. The number of benzene rings is 3. The molecule has 6 rings (SSSR count). The van der Waals surface area contributed by atoms with E-state index in [-0.39, 0.29) is 22.1 Å². The molecule has 1 saturated carbocycles. The maximum absolute atomic E-state index is 16.4. The lowest BCUT2D eigenvalue weighted by molar-refractivity contribution is -0.149. The molecule has 3 fully saturated rings. The van der Waals surface area contributed by atoms with Crippen LogP contribution in [-0.2, 0) is 25.5 Å². The predicted octanol–water partition coefficient (Wildman–Crippen LogP) is 7.30. The summed E-state index contributed by atoms with van der Waals surface area (Å²) in [6.45, 7) is 5.25. The van der Waals surface area contributed by atoms with Gasteiger partial charge in [0, 0.05) is 28.7 Å². The van der Waals surface area contributed by atoms with Crippen LogP contribution in [0.5, 0.6) is 5.75 Å². The number of nitrogens with one attached hydrogen (secondary N) is 2. The first-order valence-electron chi connectivity index (χ1n) is 16.8. The van der Waals surface area contributed by atoms with Crippen LogP contribution in [-0.4, -0.2) is 61.2 Å². The van der Waals surface area contributed by atoms with Crippen LogP contribution < -0.4 is 14.8 Å². The van der Waals surface area contributed by atoms with E-state index in [1.54, 1.807) is 39.0 Å². The van der Waals surface area contributed by atoms with Crippen LogP contribution in [0.25, 0.3) is 10.8 Å². The fourth-order valence-corrected chi connectivity index (χ4v) is 8.61. The van der Waals surface area contributed by atoms with Crippen molar-refractivity contribution in [2.75, 3.05) is 0 Å². The maximum atomic E-state index is 16.4. The van der Waals surface area contributed by atoms with Gasteiger partial charge in [0.1, 0.15) is 11.4 Å². The zero-order chi connectivity index (χ0) is 35.1. The van der Waals surface area contributed by atoms with E-state index in [9.17, 15) is 18.0 Å². The van der Waals surface area contributed by atoms with Gasteiger partial charge in [0.25, 0.3) is 5.92 Å². The minimum Gasteiger partial charge on any atom is -0.490 e. The lowest BCUT2D eigenvalue weighted by atomic mass is 9.94. The van der Waals surface area contributed by atoms with Gasteiger partial charge in [-0.15, -0.1) is 0 Å². The van der Waals surface area contributed by atoms with Crippen molar-refractivity contribution >= 4 is 44.4 Å². The molecule has 2 heterocycles. The molecular weight excluding hydrogens is 676 g/mol. The third-order valence-corrected chi connectivity index (χ3v) is 11.2. The van der Waals surface area contributed by atoms with Crippen LogP contribution in [0.3, 0.4) is 0 Å². The SMILES string of the molecule is CC(C)(C)OC(=O)NC1CC2CCC(C1)N2C(=O)C(NS(=O)(=O)c1ccc2cc(OC3CCCC3)ccc2c1)C(F)(F)c1ccc(Cl)cc1. The molecule has 3 unspecified atom stereocenters. The predicted molar refractivity (Wildman–Crippen MR) is 182 cm³/mol. The molecule has 0 aromatic heterocycles. The molecule has 2 bridgehead atoms. The van der Waals surface area contributed by atoms with Crippen molar-refractivity contribution in [3.8, 4) is 5.75 Å². The molecule has 3 atom stereocenters. The van der Waals surface area contributed by atoms with E-state index in [1.807, 2.05) is 6.07 Å². The summed E-state index contributed by atoms with van der Waals surface area (Å²) in [7, 11) is -4.63. The van der Waals surface area contributed by atoms with Crippen molar-refractivity contribution in [3.05, 3.63) is 71.2 Å². The van der Waals surface area contributed by atoms with E-state index in [1.165, 1.54) is 29.2 Å². The zero-order valence-electron chi connectivity index (χ0n) is 27.8. The summed E-state index contributed by atoms with van der Waals surface area (Å²) in [4.78, 5) is 27.8. The van der Waals surface area contributed by atoms with Crippen molar-refractivity contribution < 1.29 is 36.3 Å². The third-order valence-electron chi connectivity index (χ3n) is 9.52. The number of carbonyl (C=O) groups is 2. The average molecular weight is 718 g/mol. The Labute approximate surface area is 290 Å². The quantitative estimate of drug-likeness (QED) is 0.240. The van der Waals surface area contributed by atoms with Gasteiger partial charge in [-0.3, -0.25) is 4.79 Å². The second-order valence-corrected chi connectivity index (χ2v) is 16.5. The number of nitrogens with zero attached hydrogens (tertiary/aromatic N) is 1. The molecular formula is C36H42ClF2N3O6S. The van der Waals surface area contributed by atoms with Crippen molar-refractivity contribution in [2.24, 2.45) is 0 Å². The Morgan fingerprint density at radius 1 is 0.898 bits per heavy atom. The van der Waals surface area contributed by atoms with Gasteiger partial charge in [0.05, 0.1) is 11.0 Å². The Morgan fingerprint density at radius 3 is 2.14 bits per heavy atom. The van der Waals surface area contributed by atoms with Crippen LogP contribution in [0, 0.1) is 0 Å². The highest BCUT2D eigenvalue weighted by Gasteiger charge is 2.54. The summed E-state index contributed by atoms with van der Waals surface area (Å²) in [5.74, 6) is -4.29. The van der Waals surface area contributed by atoms with Crippen molar-refractivity contribution in [1.82, 2.24) is 14.9 Å². The second-order valence-electron chi connectivity index (χ2n) is 14.3. The van der Waals surface area contributed by atoms with Gasteiger partial charge in [-0.25, -0.2) is 13.2 Å². The number of alkyl carbamates (subject to hydrolysis) is 1. The Bertz CT molecular complexity index is 1800. The summed E-state index contributed by atoms with van der Waals surface area (Å²) >= 11 is 5.96. The number of ether oxygens (including phenoxy) is 2. The number of sulfonamides is 1. The van der Waals surface area contributed by atoms with Gasteiger partial charge in [-0.1, -0.05) is 35.9 Å². The molecule has 2 saturated heterocycles. The van der Waals surface area contributed by atoms with Crippen LogP contribution in [0.15, 0.2) is 65.6 Å². The fourth-order valence-electron chi connectivity index (χ4n) is 7.26. The molecule has 0 spiro atoms. The smallest absolute Gasteiger partial charge is 0.407 e. The largest absolute Gasteiger partial charge is 0.490 e. The second kappa shape index (κ2) is 13.7. The lowest BCUT2D eigenvalue weighted by Crippen LogP contribution is -2.61. The highest BCUT2D eigenvalue weighted by Crippen LogP contribution is 2.41. The summed E-state index contributed by atoms with van der Waals surface area (Å²) in [5, 5.41) is 4.36. The van der Waals surface area contributed by atoms with E-state index >= 15 is 8.78 Å². The molecule has 1 aliphatic carbocycles. The minimum absolute atomic E-state index is 0.153. The molecule has 2 N–H and O–H groups in total. The van der Waals surface area contributed by atoms with Crippen LogP contribution in [0.2, 0.25) is 5.02 Å². The molecule has 3 aromatic rings. The molecule has 0 radical (unpaired) electrons. The number of fused-ring (bicyclic) bond motifs is 3. The fraction of sp³-hybridized carbons (Fsp3) is 0.500. The molecule has 3 aliphatic rings. The molecule has 2 aliphatic heterocycles. The van der Waals surface area contributed by atoms with Gasteiger partial charge in [-0.2, -0.15) is 13.5 Å². The number of amides is 2. The van der Waals surface area contributed by atoms with Crippen LogP contribution >= 0.6 is 11.6 Å². The number of alkyl halides is 2. The number of carbonyl (C=O) groups excluding carboxylic acids is 2. The first kappa shape index (κ1) is 35.3. The first-order valence-corrected chi connectivity index (χ1v) is 18.6. The Kier molecular flexibility index (Phi) is 9.87. The van der Waals surface area contributed by atoms with Gasteiger partial charge < -0.3 is 19.7 Å². The Morgan fingerprint density at radius 2 is 1.51 bits per heavy atom. The average Bonchev–Trinajstić information content (AvgIpc) is 3.63. The summed E-state index contributed by atoms with van der Waals surface area (Å²) in [6.07, 6.45) is 5.50. The zero-order valence-corrected chi connectivity index (χ0v) is 29.3. The number of rotatable bonds is 9. The standard InChI is InChI=1S/C36H42ClF2N3O6S/c1-35(2,3)48-34(44)40-26-20-27-14-15-28(21-26)42(27)33(43)32(36(38,39)24-10-12-25(37)13-11-24)41-49(45,46)31-17-9-22-18-30(16-8-23(22)19-31)47-29-6-4-5-7-29/h8-13,16-19,26-29,32,41H,4-7,14-15,20-21H2,1-3H3,(H,40,44). The van der Waals surface area contributed by atoms with Gasteiger partial charge in [0.15, 0.2) is 6.04 Å². The molecule has 13 heteroatoms. The first-order chi connectivity index (χ1) is 23.1. The normalized spacial score (nSPS) is 22.2. The number of hydrogen-bond donors (Lipinski definition) is 2. The Balaban J connectivity index is 1.26. The molecule has 3 aromatic carbocycles. The monoisotopic (exact) mass is 717 g/mol. The molecule has 264 valence electrons. The van der Waals surface area contributed by atoms with E-state index in [0.717, 1.165) is 43.2 Å². The number of piperidine rings is 1. The lowest BCUT2D eigenvalue weighted by Gasteiger charge is -2.42. The highest BCUT2D eigenvalue weighted by molar-refractivity contribution is 7.89. The van der Waals surface area contributed by atoms with E-state index in [0.29, 0.717) is 36.8 Å². The van der Waals surface area contributed by atoms with Gasteiger partial charge in [0.2, 0.25) is 15.9 Å². The van der Waals surface area contributed by atoms with Crippen molar-refractivity contribution in [1.29, 1.82) is 0 Å². The summed E-state index contributed by atoms with van der Waals surface area (Å²) < 4.78 is 74.1. The third kappa shape index (κ3) is 7.97. The minimum atomic E-state index is -4.63. The molecule has 2 amide bonds. The van der Waals surface area contributed by atoms with Gasteiger partial charge >= 0.3 is 6.09 Å². The van der Waals surface area contributed by atoms with Crippen molar-refractivity contribution in [2.45, 2.75) is 119 Å². The maximum Gasteiger partial charge on any atom is 0.407 e. The summed E-state index contributed by atoms with van der Waals surface area (Å²) in [6, 6.07) is 10.7. The van der Waals surface area contributed by atoms with Crippen LogP contribution in [0.4, 0.5) is 13.6 Å². The van der Waals surface area contributed by atoms with E-state index in [2.05, 4.69) is 10.0 Å². The van der Waals surface area contributed by atoms with E-state index < -0.39 is 57.2 Å². The van der Waals surface area contributed by atoms with E-state index in [4.69, 9.17) is 21.1 Å². The topological polar surface area (TPSA) is 114 Å². The number of halogens is 3. The van der Waals surface area contributed by atoms with Crippen molar-refractivity contribution in [3.63, 3.8) is 0 Å². The highest BCUT2D eigenvalue weighted by atomic mass is 35.5. The molecule has 9 nitrogen and oxygen atoms in total.